The molecular weight excluding hydrogens is 377 g/mol. The van der Waals surface area contributed by atoms with Gasteiger partial charge in [0, 0.05) is 5.56 Å². The third-order valence-corrected chi connectivity index (χ3v) is 4.55. The normalized spacial score (nSPS) is 10.9. The SMILES string of the molecule is COc1ccc(-c2noc(-c3nnn(-c4ccc(F)c(C)c4)c3C)n2)cc1OC. The summed E-state index contributed by atoms with van der Waals surface area (Å²) >= 11 is 0. The van der Waals surface area contributed by atoms with E-state index in [9.17, 15) is 4.39 Å². The number of nitrogens with zero attached hydrogens (tertiary/aromatic N) is 5. The van der Waals surface area contributed by atoms with Gasteiger partial charge in [-0.3, -0.25) is 0 Å². The van der Waals surface area contributed by atoms with Crippen molar-refractivity contribution in [1.29, 1.82) is 0 Å². The first-order valence-electron chi connectivity index (χ1n) is 8.77. The molecular formula is C20H18FN5O3. The Balaban J connectivity index is 1.69. The maximum Gasteiger partial charge on any atom is 0.280 e. The van der Waals surface area contributed by atoms with Crippen LogP contribution in [0.4, 0.5) is 4.39 Å². The molecule has 2 aromatic heterocycles. The monoisotopic (exact) mass is 395 g/mol. The van der Waals surface area contributed by atoms with Crippen LogP contribution >= 0.6 is 0 Å². The van der Waals surface area contributed by atoms with Gasteiger partial charge in [0.05, 0.1) is 25.6 Å². The van der Waals surface area contributed by atoms with Gasteiger partial charge in [-0.1, -0.05) is 10.4 Å². The fourth-order valence-electron chi connectivity index (χ4n) is 2.94. The van der Waals surface area contributed by atoms with Crippen molar-refractivity contribution < 1.29 is 18.4 Å². The fourth-order valence-corrected chi connectivity index (χ4v) is 2.94. The first-order chi connectivity index (χ1) is 14.0. The molecule has 9 heteroatoms. The van der Waals surface area contributed by atoms with Gasteiger partial charge in [-0.05, 0) is 55.8 Å². The molecule has 0 aliphatic carbocycles. The van der Waals surface area contributed by atoms with Gasteiger partial charge in [0.15, 0.2) is 17.2 Å². The average Bonchev–Trinajstić information content (AvgIpc) is 3.36. The van der Waals surface area contributed by atoms with Gasteiger partial charge in [-0.25, -0.2) is 9.07 Å². The Morgan fingerprint density at radius 3 is 2.52 bits per heavy atom. The van der Waals surface area contributed by atoms with Crippen LogP contribution in [0.25, 0.3) is 28.7 Å². The van der Waals surface area contributed by atoms with Gasteiger partial charge >= 0.3 is 0 Å². The van der Waals surface area contributed by atoms with E-state index in [1.807, 2.05) is 6.92 Å². The summed E-state index contributed by atoms with van der Waals surface area (Å²) in [7, 11) is 3.13. The summed E-state index contributed by atoms with van der Waals surface area (Å²) in [6.07, 6.45) is 0. The van der Waals surface area contributed by atoms with Crippen LogP contribution in [0.15, 0.2) is 40.9 Å². The fraction of sp³-hybridized carbons (Fsp3) is 0.200. The molecule has 0 atom stereocenters. The predicted molar refractivity (Wildman–Crippen MR) is 103 cm³/mol. The molecule has 0 bridgehead atoms. The topological polar surface area (TPSA) is 88.1 Å². The standard InChI is InChI=1S/C20H18FN5O3/c1-11-9-14(6-7-15(11)21)26-12(2)18(23-25-26)20-22-19(24-29-20)13-5-8-16(27-3)17(10-13)28-4/h5-10H,1-4H3. The Kier molecular flexibility index (Phi) is 4.71. The number of aromatic nitrogens is 5. The minimum absolute atomic E-state index is 0.234. The maximum atomic E-state index is 13.6. The van der Waals surface area contributed by atoms with Crippen molar-refractivity contribution in [2.45, 2.75) is 13.8 Å². The number of methoxy groups -OCH3 is 2. The third-order valence-electron chi connectivity index (χ3n) is 4.55. The molecule has 0 unspecified atom stereocenters. The number of halogens is 1. The lowest BCUT2D eigenvalue weighted by molar-refractivity contribution is 0.355. The summed E-state index contributed by atoms with van der Waals surface area (Å²) in [6.45, 7) is 3.52. The second kappa shape index (κ2) is 7.34. The molecule has 2 aromatic carbocycles. The summed E-state index contributed by atoms with van der Waals surface area (Å²) in [5.74, 6) is 1.51. The van der Waals surface area contributed by atoms with Crippen molar-refractivity contribution in [2.24, 2.45) is 0 Å². The Morgan fingerprint density at radius 1 is 1.00 bits per heavy atom. The lowest BCUT2D eigenvalue weighted by Gasteiger charge is -2.07. The highest BCUT2D eigenvalue weighted by molar-refractivity contribution is 5.63. The van der Waals surface area contributed by atoms with E-state index in [1.165, 1.54) is 6.07 Å². The van der Waals surface area contributed by atoms with Crippen LogP contribution in [0.3, 0.4) is 0 Å². The van der Waals surface area contributed by atoms with Gasteiger partial charge < -0.3 is 14.0 Å². The van der Waals surface area contributed by atoms with Crippen molar-refractivity contribution in [3.8, 4) is 40.2 Å². The smallest absolute Gasteiger partial charge is 0.280 e. The molecule has 4 rings (SSSR count). The lowest BCUT2D eigenvalue weighted by atomic mass is 10.2. The zero-order valence-electron chi connectivity index (χ0n) is 16.3. The van der Waals surface area contributed by atoms with Gasteiger partial charge in [-0.2, -0.15) is 4.98 Å². The van der Waals surface area contributed by atoms with Crippen LogP contribution in [0, 0.1) is 19.7 Å². The minimum atomic E-state index is -0.275. The highest BCUT2D eigenvalue weighted by Crippen LogP contribution is 2.32. The zero-order chi connectivity index (χ0) is 20.5. The molecule has 0 saturated carbocycles. The summed E-state index contributed by atoms with van der Waals surface area (Å²) in [5.41, 5.74) is 3.06. The Bertz CT molecular complexity index is 1180. The van der Waals surface area contributed by atoms with Crippen LogP contribution in [0.1, 0.15) is 11.3 Å². The number of aryl methyl sites for hydroxylation is 1. The van der Waals surface area contributed by atoms with Crippen molar-refractivity contribution in [3.63, 3.8) is 0 Å². The van der Waals surface area contributed by atoms with Crippen LogP contribution in [0.2, 0.25) is 0 Å². The molecule has 0 saturated heterocycles. The maximum absolute atomic E-state index is 13.6. The molecule has 0 aliphatic heterocycles. The molecule has 148 valence electrons. The average molecular weight is 395 g/mol. The van der Waals surface area contributed by atoms with E-state index in [-0.39, 0.29) is 11.7 Å². The Morgan fingerprint density at radius 2 is 1.79 bits per heavy atom. The number of benzene rings is 2. The molecule has 0 radical (unpaired) electrons. The molecule has 0 amide bonds. The van der Waals surface area contributed by atoms with Crippen LogP contribution in [-0.4, -0.2) is 39.4 Å². The Hall–Kier alpha value is -3.75. The van der Waals surface area contributed by atoms with Crippen LogP contribution in [0.5, 0.6) is 11.5 Å². The molecule has 8 nitrogen and oxygen atoms in total. The summed E-state index contributed by atoms with van der Waals surface area (Å²) in [6, 6.07) is 10.1. The van der Waals surface area contributed by atoms with Gasteiger partial charge in [0.25, 0.3) is 5.89 Å². The van der Waals surface area contributed by atoms with Crippen molar-refractivity contribution >= 4 is 0 Å². The zero-order valence-corrected chi connectivity index (χ0v) is 16.3. The molecule has 4 aromatic rings. The van der Waals surface area contributed by atoms with E-state index in [1.54, 1.807) is 56.2 Å². The number of rotatable bonds is 5. The summed E-state index contributed by atoms with van der Waals surface area (Å²) < 4.78 is 31.1. The molecule has 0 spiro atoms. The number of hydrogen-bond donors (Lipinski definition) is 0. The lowest BCUT2D eigenvalue weighted by Crippen LogP contribution is -2.00. The molecule has 0 fully saturated rings. The first kappa shape index (κ1) is 18.6. The number of ether oxygens (including phenoxy) is 2. The second-order valence-electron chi connectivity index (χ2n) is 6.36. The van der Waals surface area contributed by atoms with E-state index in [0.717, 1.165) is 0 Å². The largest absolute Gasteiger partial charge is 0.493 e. The van der Waals surface area contributed by atoms with Gasteiger partial charge in [0.2, 0.25) is 5.82 Å². The van der Waals surface area contributed by atoms with E-state index >= 15 is 0 Å². The number of hydrogen-bond acceptors (Lipinski definition) is 7. The Labute approximate surface area is 165 Å². The van der Waals surface area contributed by atoms with E-state index < -0.39 is 0 Å². The second-order valence-corrected chi connectivity index (χ2v) is 6.36. The predicted octanol–water partition coefficient (Wildman–Crippen LogP) is 3.76. The van der Waals surface area contributed by atoms with E-state index in [2.05, 4.69) is 20.5 Å². The van der Waals surface area contributed by atoms with E-state index in [0.29, 0.717) is 45.5 Å². The molecule has 0 N–H and O–H groups in total. The summed E-state index contributed by atoms with van der Waals surface area (Å²) in [4.78, 5) is 4.43. The quantitative estimate of drug-likeness (QED) is 0.508. The minimum Gasteiger partial charge on any atom is -0.493 e. The van der Waals surface area contributed by atoms with Crippen molar-refractivity contribution in [1.82, 2.24) is 25.1 Å². The van der Waals surface area contributed by atoms with Gasteiger partial charge in [0.1, 0.15) is 5.82 Å². The highest BCUT2D eigenvalue weighted by Gasteiger charge is 2.20. The van der Waals surface area contributed by atoms with Crippen LogP contribution in [-0.2, 0) is 0 Å². The molecule has 2 heterocycles. The van der Waals surface area contributed by atoms with E-state index in [4.69, 9.17) is 14.0 Å². The third kappa shape index (κ3) is 3.31. The van der Waals surface area contributed by atoms with Crippen LogP contribution < -0.4 is 9.47 Å². The first-order valence-corrected chi connectivity index (χ1v) is 8.77. The molecule has 0 aliphatic rings. The molecule has 29 heavy (non-hydrogen) atoms. The van der Waals surface area contributed by atoms with Crippen molar-refractivity contribution in [3.05, 3.63) is 53.5 Å². The van der Waals surface area contributed by atoms with Crippen molar-refractivity contribution in [2.75, 3.05) is 14.2 Å². The van der Waals surface area contributed by atoms with Gasteiger partial charge in [-0.15, -0.1) is 5.10 Å². The highest BCUT2D eigenvalue weighted by atomic mass is 19.1. The summed E-state index contributed by atoms with van der Waals surface area (Å²) in [5, 5.41) is 12.3.